The van der Waals surface area contributed by atoms with Gasteiger partial charge in [0.15, 0.2) is 0 Å². The van der Waals surface area contributed by atoms with Gasteiger partial charge in [0.2, 0.25) is 0 Å². The van der Waals surface area contributed by atoms with Crippen LogP contribution in [0.5, 0.6) is 0 Å². The van der Waals surface area contributed by atoms with Crippen molar-refractivity contribution in [1.82, 2.24) is 5.32 Å². The van der Waals surface area contributed by atoms with E-state index in [4.69, 9.17) is 5.26 Å². The van der Waals surface area contributed by atoms with Gasteiger partial charge in [-0.05, 0) is 18.4 Å². The standard InChI is InChI=1S/C14H20N2/c1-11(2)14(16-10-12(3)9-15)13-7-5-4-6-8-13/h4-8,11-12,14,16H,10H2,1-3H3. The first-order valence-electron chi connectivity index (χ1n) is 5.83. The summed E-state index contributed by atoms with van der Waals surface area (Å²) >= 11 is 0. The van der Waals surface area contributed by atoms with Crippen LogP contribution in [-0.2, 0) is 0 Å². The predicted octanol–water partition coefficient (Wildman–Crippen LogP) is 3.13. The van der Waals surface area contributed by atoms with Gasteiger partial charge in [-0.2, -0.15) is 5.26 Å². The van der Waals surface area contributed by atoms with Gasteiger partial charge in [0.25, 0.3) is 0 Å². The Bertz CT molecular complexity index is 338. The van der Waals surface area contributed by atoms with Crippen molar-refractivity contribution in [2.45, 2.75) is 26.8 Å². The fraction of sp³-hybridized carbons (Fsp3) is 0.500. The van der Waals surface area contributed by atoms with E-state index in [1.54, 1.807) is 0 Å². The number of rotatable bonds is 5. The van der Waals surface area contributed by atoms with Crippen LogP contribution in [0.4, 0.5) is 0 Å². The molecular weight excluding hydrogens is 196 g/mol. The van der Waals surface area contributed by atoms with Crippen molar-refractivity contribution in [3.8, 4) is 6.07 Å². The Balaban J connectivity index is 2.66. The maximum atomic E-state index is 8.77. The first-order valence-corrected chi connectivity index (χ1v) is 5.83. The summed E-state index contributed by atoms with van der Waals surface area (Å²) in [7, 11) is 0. The van der Waals surface area contributed by atoms with E-state index in [0.29, 0.717) is 12.0 Å². The lowest BCUT2D eigenvalue weighted by atomic mass is 9.95. The van der Waals surface area contributed by atoms with Crippen LogP contribution in [-0.4, -0.2) is 6.54 Å². The molecule has 2 unspecified atom stereocenters. The maximum Gasteiger partial charge on any atom is 0.0666 e. The third-order valence-corrected chi connectivity index (χ3v) is 2.69. The van der Waals surface area contributed by atoms with E-state index in [-0.39, 0.29) is 5.92 Å². The Kier molecular flexibility index (Phi) is 5.01. The van der Waals surface area contributed by atoms with Crippen LogP contribution in [0.15, 0.2) is 30.3 Å². The van der Waals surface area contributed by atoms with Crippen LogP contribution in [0.2, 0.25) is 0 Å². The molecule has 1 aromatic rings. The summed E-state index contributed by atoms with van der Waals surface area (Å²) in [6.07, 6.45) is 0. The molecule has 0 aromatic heterocycles. The minimum absolute atomic E-state index is 0.0602. The van der Waals surface area contributed by atoms with Crippen molar-refractivity contribution in [1.29, 1.82) is 5.26 Å². The fourth-order valence-corrected chi connectivity index (χ4v) is 1.75. The Hall–Kier alpha value is -1.33. The molecule has 1 aromatic carbocycles. The molecule has 2 atom stereocenters. The van der Waals surface area contributed by atoms with Crippen molar-refractivity contribution in [2.24, 2.45) is 11.8 Å². The molecule has 0 aliphatic carbocycles. The predicted molar refractivity (Wildman–Crippen MR) is 66.8 cm³/mol. The molecule has 86 valence electrons. The largest absolute Gasteiger partial charge is 0.308 e. The molecule has 16 heavy (non-hydrogen) atoms. The summed E-state index contributed by atoms with van der Waals surface area (Å²) in [4.78, 5) is 0. The van der Waals surface area contributed by atoms with Gasteiger partial charge >= 0.3 is 0 Å². The number of hydrogen-bond donors (Lipinski definition) is 1. The van der Waals surface area contributed by atoms with Crippen LogP contribution in [0, 0.1) is 23.2 Å². The Morgan fingerprint density at radius 2 is 1.81 bits per heavy atom. The van der Waals surface area contributed by atoms with Crippen molar-refractivity contribution < 1.29 is 0 Å². The summed E-state index contributed by atoms with van der Waals surface area (Å²) in [6, 6.07) is 13.0. The topological polar surface area (TPSA) is 35.8 Å². The lowest BCUT2D eigenvalue weighted by molar-refractivity contribution is 0.398. The number of hydrogen-bond acceptors (Lipinski definition) is 2. The molecular formula is C14H20N2. The van der Waals surface area contributed by atoms with Gasteiger partial charge in [-0.25, -0.2) is 0 Å². The average Bonchev–Trinajstić information content (AvgIpc) is 2.30. The molecule has 2 heteroatoms. The first-order chi connectivity index (χ1) is 7.65. The second-order valence-corrected chi connectivity index (χ2v) is 4.57. The lowest BCUT2D eigenvalue weighted by Gasteiger charge is -2.23. The van der Waals surface area contributed by atoms with Crippen molar-refractivity contribution in [2.75, 3.05) is 6.54 Å². The molecule has 2 nitrogen and oxygen atoms in total. The zero-order valence-corrected chi connectivity index (χ0v) is 10.3. The maximum absolute atomic E-state index is 8.77. The lowest BCUT2D eigenvalue weighted by Crippen LogP contribution is -2.29. The molecule has 0 saturated carbocycles. The van der Waals surface area contributed by atoms with Crippen molar-refractivity contribution >= 4 is 0 Å². The molecule has 0 radical (unpaired) electrons. The van der Waals surface area contributed by atoms with Gasteiger partial charge in [-0.3, -0.25) is 0 Å². The smallest absolute Gasteiger partial charge is 0.0666 e. The van der Waals surface area contributed by atoms with Crippen molar-refractivity contribution in [3.63, 3.8) is 0 Å². The van der Waals surface area contributed by atoms with Crippen LogP contribution < -0.4 is 5.32 Å². The van der Waals surface area contributed by atoms with E-state index >= 15 is 0 Å². The van der Waals surface area contributed by atoms with Crippen LogP contribution in [0.3, 0.4) is 0 Å². The Labute approximate surface area is 98.3 Å². The summed E-state index contributed by atoms with van der Waals surface area (Å²) in [5.74, 6) is 0.582. The third kappa shape index (κ3) is 3.67. The Morgan fingerprint density at radius 3 is 2.31 bits per heavy atom. The third-order valence-electron chi connectivity index (χ3n) is 2.69. The normalized spacial score (nSPS) is 14.4. The Morgan fingerprint density at radius 1 is 1.19 bits per heavy atom. The highest BCUT2D eigenvalue weighted by Crippen LogP contribution is 2.21. The highest BCUT2D eigenvalue weighted by molar-refractivity contribution is 5.19. The van der Waals surface area contributed by atoms with Gasteiger partial charge in [0.05, 0.1) is 12.0 Å². The van der Waals surface area contributed by atoms with E-state index in [1.165, 1.54) is 5.56 Å². The quantitative estimate of drug-likeness (QED) is 0.820. The molecule has 0 aliphatic rings. The van der Waals surface area contributed by atoms with E-state index in [2.05, 4.69) is 49.5 Å². The zero-order chi connectivity index (χ0) is 12.0. The molecule has 0 bridgehead atoms. The summed E-state index contributed by atoms with van der Waals surface area (Å²) < 4.78 is 0. The van der Waals surface area contributed by atoms with Gasteiger partial charge in [0.1, 0.15) is 0 Å². The van der Waals surface area contributed by atoms with Crippen molar-refractivity contribution in [3.05, 3.63) is 35.9 Å². The zero-order valence-electron chi connectivity index (χ0n) is 10.3. The number of nitriles is 1. The van der Waals surface area contributed by atoms with Crippen LogP contribution in [0.25, 0.3) is 0 Å². The van der Waals surface area contributed by atoms with Gasteiger partial charge < -0.3 is 5.32 Å². The molecule has 0 saturated heterocycles. The summed E-state index contributed by atoms with van der Waals surface area (Å²) in [6.45, 7) is 7.08. The highest BCUT2D eigenvalue weighted by Gasteiger charge is 2.15. The van der Waals surface area contributed by atoms with Crippen LogP contribution >= 0.6 is 0 Å². The average molecular weight is 216 g/mol. The minimum Gasteiger partial charge on any atom is -0.308 e. The highest BCUT2D eigenvalue weighted by atomic mass is 14.9. The number of nitrogens with one attached hydrogen (secondary N) is 1. The SMILES string of the molecule is CC(C#N)CNC(c1ccccc1)C(C)C. The van der Waals surface area contributed by atoms with E-state index in [0.717, 1.165) is 6.54 Å². The van der Waals surface area contributed by atoms with E-state index in [1.807, 2.05) is 13.0 Å². The molecule has 0 heterocycles. The molecule has 0 spiro atoms. The van der Waals surface area contributed by atoms with E-state index in [9.17, 15) is 0 Å². The van der Waals surface area contributed by atoms with E-state index < -0.39 is 0 Å². The van der Waals surface area contributed by atoms with Crippen LogP contribution in [0.1, 0.15) is 32.4 Å². The van der Waals surface area contributed by atoms with Gasteiger partial charge in [0, 0.05) is 12.6 Å². The van der Waals surface area contributed by atoms with Gasteiger partial charge in [-0.15, -0.1) is 0 Å². The second-order valence-electron chi connectivity index (χ2n) is 4.57. The first kappa shape index (κ1) is 12.7. The molecule has 1 rings (SSSR count). The monoisotopic (exact) mass is 216 g/mol. The summed E-state index contributed by atoms with van der Waals surface area (Å²) in [5, 5.41) is 12.2. The van der Waals surface area contributed by atoms with Gasteiger partial charge in [-0.1, -0.05) is 44.2 Å². The number of nitrogens with zero attached hydrogens (tertiary/aromatic N) is 1. The molecule has 0 fully saturated rings. The minimum atomic E-state index is 0.0602. The fourth-order valence-electron chi connectivity index (χ4n) is 1.75. The second kappa shape index (κ2) is 6.30. The number of benzene rings is 1. The summed E-state index contributed by atoms with van der Waals surface area (Å²) in [5.41, 5.74) is 1.29. The molecule has 0 aliphatic heterocycles. The molecule has 1 N–H and O–H groups in total. The molecule has 0 amide bonds.